The molecule has 1 amide bonds. The molecule has 0 saturated carbocycles. The van der Waals surface area contributed by atoms with E-state index in [1.165, 1.54) is 12.3 Å². The minimum Gasteiger partial charge on any atom is -0.370 e. The second kappa shape index (κ2) is 7.26. The highest BCUT2D eigenvalue weighted by atomic mass is 32.2. The first kappa shape index (κ1) is 15.6. The topological polar surface area (TPSA) is 88.4 Å². The molecular weight excluding hydrogens is 292 g/mol. The largest absolute Gasteiger partial charge is 0.370 e. The number of nitro groups is 1. The van der Waals surface area contributed by atoms with Crippen LogP contribution in [0.25, 0.3) is 0 Å². The van der Waals surface area contributed by atoms with E-state index in [1.54, 1.807) is 4.90 Å². The van der Waals surface area contributed by atoms with Crippen LogP contribution >= 0.6 is 11.8 Å². The van der Waals surface area contributed by atoms with E-state index in [4.69, 9.17) is 0 Å². The average Bonchev–Trinajstić information content (AvgIpc) is 2.76. The van der Waals surface area contributed by atoms with Crippen molar-refractivity contribution in [3.05, 3.63) is 27.9 Å². The molecule has 1 N–H and O–H groups in total. The van der Waals surface area contributed by atoms with Crippen LogP contribution in [-0.2, 0) is 0 Å². The number of hydrogen-bond donors (Lipinski definition) is 1. The molecule has 0 spiro atoms. The number of anilines is 1. The van der Waals surface area contributed by atoms with E-state index in [1.807, 2.05) is 18.7 Å². The number of thioether (sulfide) groups is 1. The Hall–Kier alpha value is -1.83. The molecule has 0 aromatic carbocycles. The van der Waals surface area contributed by atoms with Gasteiger partial charge < -0.3 is 10.2 Å². The van der Waals surface area contributed by atoms with Crippen molar-refractivity contribution in [2.24, 2.45) is 0 Å². The zero-order valence-corrected chi connectivity index (χ0v) is 12.7. The van der Waals surface area contributed by atoms with Gasteiger partial charge in [-0.25, -0.2) is 4.98 Å². The summed E-state index contributed by atoms with van der Waals surface area (Å²) in [6, 6.07) is 1.31. The molecule has 0 radical (unpaired) electrons. The van der Waals surface area contributed by atoms with E-state index < -0.39 is 4.92 Å². The molecule has 0 bridgehead atoms. The van der Waals surface area contributed by atoms with E-state index in [2.05, 4.69) is 10.3 Å². The molecule has 0 atom stereocenters. The third-order valence-corrected chi connectivity index (χ3v) is 4.22. The maximum absolute atomic E-state index is 12.6. The lowest BCUT2D eigenvalue weighted by Gasteiger charge is -2.21. The lowest BCUT2D eigenvalue weighted by atomic mass is 10.2. The fourth-order valence-corrected chi connectivity index (χ4v) is 3.03. The molecule has 2 rings (SSSR count). The summed E-state index contributed by atoms with van der Waals surface area (Å²) in [6.45, 7) is 3.83. The van der Waals surface area contributed by atoms with E-state index in [0.717, 1.165) is 17.9 Å². The van der Waals surface area contributed by atoms with Crippen molar-refractivity contribution in [3.8, 4) is 0 Å². The van der Waals surface area contributed by atoms with Crippen LogP contribution in [0.15, 0.2) is 12.3 Å². The van der Waals surface area contributed by atoms with Gasteiger partial charge in [0.25, 0.3) is 11.6 Å². The Morgan fingerprint density at radius 1 is 1.52 bits per heavy atom. The molecule has 21 heavy (non-hydrogen) atoms. The average molecular weight is 310 g/mol. The lowest BCUT2D eigenvalue weighted by molar-refractivity contribution is -0.385. The number of hydrogen-bond acceptors (Lipinski definition) is 6. The number of carbonyl (C=O) groups excluding carboxylic acids is 1. The Morgan fingerprint density at radius 3 is 3.05 bits per heavy atom. The van der Waals surface area contributed by atoms with Crippen LogP contribution in [-0.4, -0.2) is 51.9 Å². The van der Waals surface area contributed by atoms with E-state index >= 15 is 0 Å². The minimum absolute atomic E-state index is 0.163. The standard InChI is InChI=1S/C13H18N4O3S/c1-2-14-12-11(8-10(9-15-12)17(19)20)13(18)16-4-3-6-21-7-5-16/h8-9H,2-7H2,1H3,(H,14,15). The predicted octanol–water partition coefficient (Wildman–Crippen LogP) is 2.00. The highest BCUT2D eigenvalue weighted by Crippen LogP contribution is 2.22. The molecule has 1 aliphatic rings. The monoisotopic (exact) mass is 310 g/mol. The minimum atomic E-state index is -0.530. The fraction of sp³-hybridized carbons (Fsp3) is 0.538. The normalized spacial score (nSPS) is 15.4. The summed E-state index contributed by atoms with van der Waals surface area (Å²) < 4.78 is 0. The van der Waals surface area contributed by atoms with E-state index in [0.29, 0.717) is 25.5 Å². The molecule has 1 aliphatic heterocycles. The lowest BCUT2D eigenvalue weighted by Crippen LogP contribution is -2.33. The van der Waals surface area contributed by atoms with Gasteiger partial charge in [-0.2, -0.15) is 11.8 Å². The molecule has 0 unspecified atom stereocenters. The highest BCUT2D eigenvalue weighted by Gasteiger charge is 2.23. The zero-order valence-electron chi connectivity index (χ0n) is 11.9. The number of carbonyl (C=O) groups is 1. The van der Waals surface area contributed by atoms with Crippen molar-refractivity contribution in [1.29, 1.82) is 0 Å². The molecule has 114 valence electrons. The van der Waals surface area contributed by atoms with Gasteiger partial charge in [-0.1, -0.05) is 0 Å². The summed E-state index contributed by atoms with van der Waals surface area (Å²) in [4.78, 5) is 28.8. The number of nitrogens with one attached hydrogen (secondary N) is 1. The van der Waals surface area contributed by atoms with Crippen molar-refractivity contribution in [2.75, 3.05) is 36.5 Å². The Balaban J connectivity index is 2.31. The van der Waals surface area contributed by atoms with Crippen LogP contribution in [0.4, 0.5) is 11.5 Å². The Bertz CT molecular complexity index is 530. The van der Waals surface area contributed by atoms with Gasteiger partial charge in [0, 0.05) is 31.5 Å². The summed E-state index contributed by atoms with van der Waals surface area (Å²) >= 11 is 1.82. The summed E-state index contributed by atoms with van der Waals surface area (Å²) in [7, 11) is 0. The first-order valence-electron chi connectivity index (χ1n) is 6.88. The number of amides is 1. The highest BCUT2D eigenvalue weighted by molar-refractivity contribution is 7.99. The molecule has 2 heterocycles. The van der Waals surface area contributed by atoms with Crippen molar-refractivity contribution in [3.63, 3.8) is 0 Å². The van der Waals surface area contributed by atoms with Crippen LogP contribution in [0.2, 0.25) is 0 Å². The molecule has 1 saturated heterocycles. The Labute approximate surface area is 127 Å². The SMILES string of the molecule is CCNc1ncc([N+](=O)[O-])cc1C(=O)N1CCCSCC1. The van der Waals surface area contributed by atoms with E-state index in [-0.39, 0.29) is 17.2 Å². The number of aromatic nitrogens is 1. The third-order valence-electron chi connectivity index (χ3n) is 3.17. The number of pyridine rings is 1. The van der Waals surface area contributed by atoms with Gasteiger partial charge in [0.15, 0.2) is 0 Å². The van der Waals surface area contributed by atoms with Crippen LogP contribution in [0, 0.1) is 10.1 Å². The Morgan fingerprint density at radius 2 is 2.33 bits per heavy atom. The molecule has 8 heteroatoms. The van der Waals surface area contributed by atoms with Gasteiger partial charge in [0.1, 0.15) is 12.0 Å². The molecule has 0 aliphatic carbocycles. The van der Waals surface area contributed by atoms with Gasteiger partial charge in [-0.05, 0) is 19.1 Å². The van der Waals surface area contributed by atoms with Crippen LogP contribution in [0.1, 0.15) is 23.7 Å². The summed E-state index contributed by atoms with van der Waals surface area (Å²) in [5, 5.41) is 13.9. The first-order valence-corrected chi connectivity index (χ1v) is 8.04. The second-order valence-electron chi connectivity index (χ2n) is 4.64. The molecule has 1 aromatic heterocycles. The summed E-state index contributed by atoms with van der Waals surface area (Å²) in [6.07, 6.45) is 2.11. The first-order chi connectivity index (χ1) is 10.1. The van der Waals surface area contributed by atoms with Gasteiger partial charge in [-0.15, -0.1) is 0 Å². The van der Waals surface area contributed by atoms with Crippen LogP contribution in [0.5, 0.6) is 0 Å². The molecule has 1 fully saturated rings. The van der Waals surface area contributed by atoms with Gasteiger partial charge >= 0.3 is 0 Å². The predicted molar refractivity (Wildman–Crippen MR) is 82.9 cm³/mol. The molecule has 1 aromatic rings. The zero-order chi connectivity index (χ0) is 15.2. The summed E-state index contributed by atoms with van der Waals surface area (Å²) in [5.74, 6) is 2.15. The maximum Gasteiger partial charge on any atom is 0.288 e. The maximum atomic E-state index is 12.6. The van der Waals surface area contributed by atoms with Crippen LogP contribution < -0.4 is 5.32 Å². The summed E-state index contributed by atoms with van der Waals surface area (Å²) in [5.41, 5.74) is 0.113. The van der Waals surface area contributed by atoms with Crippen molar-refractivity contribution >= 4 is 29.2 Å². The van der Waals surface area contributed by atoms with Gasteiger partial charge in [0.2, 0.25) is 0 Å². The fourth-order valence-electron chi connectivity index (χ4n) is 2.14. The van der Waals surface area contributed by atoms with E-state index in [9.17, 15) is 14.9 Å². The number of rotatable bonds is 4. The third kappa shape index (κ3) is 3.84. The molecule has 7 nitrogen and oxygen atoms in total. The van der Waals surface area contributed by atoms with Gasteiger partial charge in [-0.3, -0.25) is 14.9 Å². The Kier molecular flexibility index (Phi) is 5.38. The van der Waals surface area contributed by atoms with Crippen molar-refractivity contribution in [2.45, 2.75) is 13.3 Å². The van der Waals surface area contributed by atoms with Gasteiger partial charge in [0.05, 0.1) is 10.5 Å². The second-order valence-corrected chi connectivity index (χ2v) is 5.86. The van der Waals surface area contributed by atoms with Crippen LogP contribution in [0.3, 0.4) is 0 Å². The number of nitrogens with zero attached hydrogens (tertiary/aromatic N) is 3. The smallest absolute Gasteiger partial charge is 0.288 e. The van der Waals surface area contributed by atoms with Crippen molar-refractivity contribution < 1.29 is 9.72 Å². The molecular formula is C13H18N4O3S. The quantitative estimate of drug-likeness (QED) is 0.676. The van der Waals surface area contributed by atoms with Crippen molar-refractivity contribution in [1.82, 2.24) is 9.88 Å².